The molecule has 0 bridgehead atoms. The van der Waals surface area contributed by atoms with Crippen molar-refractivity contribution in [3.8, 4) is 0 Å². The molecule has 3 heterocycles. The van der Waals surface area contributed by atoms with Crippen LogP contribution in [0.3, 0.4) is 0 Å². The predicted molar refractivity (Wildman–Crippen MR) is 143 cm³/mol. The topological polar surface area (TPSA) is 77.5 Å². The number of ether oxygens (including phenoxy) is 1. The van der Waals surface area contributed by atoms with E-state index in [4.69, 9.17) is 9.84 Å². The Labute approximate surface area is 217 Å². The van der Waals surface area contributed by atoms with E-state index in [-0.39, 0.29) is 24.5 Å². The Morgan fingerprint density at radius 2 is 1.89 bits per heavy atom. The van der Waals surface area contributed by atoms with Gasteiger partial charge in [0.2, 0.25) is 0 Å². The van der Waals surface area contributed by atoms with Gasteiger partial charge in [-0.15, -0.1) is 11.3 Å². The highest BCUT2D eigenvalue weighted by molar-refractivity contribution is 7.12. The van der Waals surface area contributed by atoms with E-state index in [0.717, 1.165) is 29.2 Å². The molecule has 194 valence electrons. The Hall–Kier alpha value is -2.75. The first-order chi connectivity index (χ1) is 17.2. The molecule has 0 radical (unpaired) electrons. The third-order valence-electron chi connectivity index (χ3n) is 6.32. The molecule has 0 saturated carbocycles. The highest BCUT2D eigenvalue weighted by Crippen LogP contribution is 2.34. The molecule has 3 amide bonds. The number of thiophene rings is 1. The minimum Gasteiger partial charge on any atom is -0.379 e. The summed E-state index contributed by atoms with van der Waals surface area (Å²) >= 11 is 1.62. The van der Waals surface area contributed by atoms with Crippen LogP contribution in [0.4, 0.5) is 4.79 Å². The van der Waals surface area contributed by atoms with Gasteiger partial charge in [-0.1, -0.05) is 35.9 Å². The molecule has 1 aromatic carbocycles. The fraction of sp³-hybridized carbons (Fsp3) is 0.519. The largest absolute Gasteiger partial charge is 0.379 e. The summed E-state index contributed by atoms with van der Waals surface area (Å²) in [6.07, 6.45) is 0.650. The van der Waals surface area contributed by atoms with E-state index in [1.165, 1.54) is 5.56 Å². The van der Waals surface area contributed by atoms with Gasteiger partial charge in [-0.05, 0) is 44.7 Å². The van der Waals surface area contributed by atoms with Crippen molar-refractivity contribution in [3.63, 3.8) is 0 Å². The van der Waals surface area contributed by atoms with Crippen LogP contribution in [-0.2, 0) is 9.53 Å². The summed E-state index contributed by atoms with van der Waals surface area (Å²) < 4.78 is 5.44. The quantitative estimate of drug-likeness (QED) is 0.612. The molecule has 1 unspecified atom stereocenters. The third kappa shape index (κ3) is 6.93. The lowest BCUT2D eigenvalue weighted by atomic mass is 10.00. The number of hydrogen-bond acceptors (Lipinski definition) is 6. The zero-order valence-electron chi connectivity index (χ0n) is 21.7. The van der Waals surface area contributed by atoms with Gasteiger partial charge in [0.15, 0.2) is 0 Å². The van der Waals surface area contributed by atoms with Gasteiger partial charge >= 0.3 is 6.03 Å². The third-order valence-corrected chi connectivity index (χ3v) is 7.24. The molecule has 1 N–H and O–H groups in total. The van der Waals surface area contributed by atoms with Gasteiger partial charge in [0.05, 0.1) is 29.8 Å². The number of benzene rings is 1. The first-order valence-electron chi connectivity index (χ1n) is 12.6. The van der Waals surface area contributed by atoms with Crippen LogP contribution in [0.15, 0.2) is 46.9 Å². The van der Waals surface area contributed by atoms with E-state index in [1.54, 1.807) is 21.2 Å². The summed E-state index contributed by atoms with van der Waals surface area (Å²) in [5.41, 5.74) is 2.72. The van der Waals surface area contributed by atoms with E-state index in [0.29, 0.717) is 32.7 Å². The van der Waals surface area contributed by atoms with Crippen molar-refractivity contribution in [3.05, 3.63) is 57.8 Å². The second-order valence-electron chi connectivity index (χ2n) is 10.4. The lowest BCUT2D eigenvalue weighted by Gasteiger charge is -2.32. The van der Waals surface area contributed by atoms with Crippen LogP contribution in [0.25, 0.3) is 0 Å². The molecule has 2 aliphatic heterocycles. The SMILES string of the molecule is Cc1ccc(C2CC(c3cccs3)=NN2C(=O)CN(CCN2CCOCC2)C(=O)NC(C)(C)C)cc1. The summed E-state index contributed by atoms with van der Waals surface area (Å²) in [5, 5.41) is 11.4. The molecule has 0 aliphatic carbocycles. The zero-order valence-corrected chi connectivity index (χ0v) is 22.5. The van der Waals surface area contributed by atoms with Gasteiger partial charge in [0, 0.05) is 38.1 Å². The van der Waals surface area contributed by atoms with E-state index >= 15 is 0 Å². The van der Waals surface area contributed by atoms with Crippen LogP contribution >= 0.6 is 11.3 Å². The molecule has 2 aliphatic rings. The number of urea groups is 1. The number of hydrazone groups is 1. The number of rotatable bonds is 7. The zero-order chi connectivity index (χ0) is 25.7. The van der Waals surface area contributed by atoms with E-state index in [2.05, 4.69) is 41.4 Å². The van der Waals surface area contributed by atoms with E-state index < -0.39 is 5.54 Å². The van der Waals surface area contributed by atoms with Crippen LogP contribution in [0, 0.1) is 6.92 Å². The van der Waals surface area contributed by atoms with Gasteiger partial charge in [0.1, 0.15) is 6.54 Å². The van der Waals surface area contributed by atoms with Crippen LogP contribution in [0.2, 0.25) is 0 Å². The molecule has 2 aromatic rings. The molecule has 8 nitrogen and oxygen atoms in total. The average Bonchev–Trinajstić information content (AvgIpc) is 3.52. The summed E-state index contributed by atoms with van der Waals surface area (Å²) in [7, 11) is 0. The van der Waals surface area contributed by atoms with E-state index in [1.807, 2.05) is 38.3 Å². The molecule has 4 rings (SSSR count). The molecule has 1 aromatic heterocycles. The molecular weight excluding hydrogens is 474 g/mol. The lowest BCUT2D eigenvalue weighted by Crippen LogP contribution is -2.53. The Balaban J connectivity index is 1.53. The highest BCUT2D eigenvalue weighted by atomic mass is 32.1. The predicted octanol–water partition coefficient (Wildman–Crippen LogP) is 3.88. The molecule has 1 atom stereocenters. The summed E-state index contributed by atoms with van der Waals surface area (Å²) in [6.45, 7) is 12.0. The van der Waals surface area contributed by atoms with Crippen LogP contribution < -0.4 is 5.32 Å². The first-order valence-corrected chi connectivity index (χ1v) is 13.4. The maximum Gasteiger partial charge on any atom is 0.318 e. The standard InChI is InChI=1S/C27H37N5O3S/c1-20-7-9-21(10-8-20)23-18-22(24-6-5-17-36-24)29-32(23)25(33)19-31(26(34)28-27(2,3)4)12-11-30-13-15-35-16-14-30/h5-10,17,23H,11-16,18-19H2,1-4H3,(H,28,34). The van der Waals surface area contributed by atoms with Gasteiger partial charge in [-0.25, -0.2) is 9.80 Å². The van der Waals surface area contributed by atoms with E-state index in [9.17, 15) is 9.59 Å². The van der Waals surface area contributed by atoms with Crippen LogP contribution in [0.5, 0.6) is 0 Å². The molecule has 36 heavy (non-hydrogen) atoms. The van der Waals surface area contributed by atoms with Gasteiger partial charge in [-0.3, -0.25) is 9.69 Å². The van der Waals surface area contributed by atoms with Crippen molar-refractivity contribution in [2.75, 3.05) is 45.9 Å². The molecule has 9 heteroatoms. The fourth-order valence-corrected chi connectivity index (χ4v) is 5.08. The summed E-state index contributed by atoms with van der Waals surface area (Å²) in [6, 6.07) is 11.9. The van der Waals surface area contributed by atoms with Crippen molar-refractivity contribution in [1.29, 1.82) is 0 Å². The summed E-state index contributed by atoms with van der Waals surface area (Å²) in [5.74, 6) is -0.182. The number of nitrogens with one attached hydrogen (secondary N) is 1. The second kappa shape index (κ2) is 11.5. The number of carbonyl (C=O) groups excluding carboxylic acids is 2. The summed E-state index contributed by atoms with van der Waals surface area (Å²) in [4.78, 5) is 31.9. The Morgan fingerprint density at radius 1 is 1.17 bits per heavy atom. The Kier molecular flexibility index (Phi) is 8.43. The highest BCUT2D eigenvalue weighted by Gasteiger charge is 2.35. The van der Waals surface area contributed by atoms with Crippen molar-refractivity contribution >= 4 is 29.0 Å². The Bertz CT molecular complexity index is 1060. The average molecular weight is 512 g/mol. The van der Waals surface area contributed by atoms with Gasteiger partial charge in [0.25, 0.3) is 5.91 Å². The van der Waals surface area contributed by atoms with Crippen molar-refractivity contribution < 1.29 is 14.3 Å². The van der Waals surface area contributed by atoms with Crippen molar-refractivity contribution in [1.82, 2.24) is 20.1 Å². The number of aryl methyl sites for hydroxylation is 1. The van der Waals surface area contributed by atoms with Crippen LogP contribution in [0.1, 0.15) is 49.2 Å². The van der Waals surface area contributed by atoms with Gasteiger partial charge in [-0.2, -0.15) is 5.10 Å². The smallest absolute Gasteiger partial charge is 0.318 e. The van der Waals surface area contributed by atoms with Crippen LogP contribution in [-0.4, -0.2) is 83.9 Å². The molecule has 1 fully saturated rings. The molecule has 1 saturated heterocycles. The first kappa shape index (κ1) is 26.3. The Morgan fingerprint density at radius 3 is 2.53 bits per heavy atom. The maximum atomic E-state index is 13.7. The number of hydrogen-bond donors (Lipinski definition) is 1. The van der Waals surface area contributed by atoms with Gasteiger partial charge < -0.3 is 15.0 Å². The minimum atomic E-state index is -0.403. The fourth-order valence-electron chi connectivity index (χ4n) is 4.35. The number of amides is 3. The molecule has 0 spiro atoms. The number of morpholine rings is 1. The van der Waals surface area contributed by atoms with Crippen molar-refractivity contribution in [2.24, 2.45) is 5.10 Å². The molecular formula is C27H37N5O3S. The van der Waals surface area contributed by atoms with Crippen molar-refractivity contribution in [2.45, 2.75) is 45.7 Å². The lowest BCUT2D eigenvalue weighted by molar-refractivity contribution is -0.133. The maximum absolute atomic E-state index is 13.7. The minimum absolute atomic E-state index is 0.0319. The number of carbonyl (C=O) groups is 2. The number of nitrogens with zero attached hydrogens (tertiary/aromatic N) is 4. The monoisotopic (exact) mass is 511 g/mol. The second-order valence-corrected chi connectivity index (χ2v) is 11.4. The normalized spacial score (nSPS) is 18.7.